The van der Waals surface area contributed by atoms with Gasteiger partial charge >= 0.3 is 5.97 Å². The van der Waals surface area contributed by atoms with Crippen molar-refractivity contribution in [2.24, 2.45) is 0 Å². The lowest BCUT2D eigenvalue weighted by atomic mass is 10.4. The summed E-state index contributed by atoms with van der Waals surface area (Å²) in [6.07, 6.45) is 0. The van der Waals surface area contributed by atoms with Crippen LogP contribution in [0.5, 0.6) is 5.75 Å². The van der Waals surface area contributed by atoms with Crippen LogP contribution in [0.3, 0.4) is 0 Å². The Balaban J connectivity index is 2.52. The fourth-order valence-electron chi connectivity index (χ4n) is 0.728. The van der Waals surface area contributed by atoms with Crippen LogP contribution in [0.2, 0.25) is 0 Å². The quantitative estimate of drug-likeness (QED) is 0.770. The van der Waals surface area contributed by atoms with E-state index in [0.717, 1.165) is 11.3 Å². The summed E-state index contributed by atoms with van der Waals surface area (Å²) in [5.41, 5.74) is 0. The number of ether oxygens (including phenoxy) is 1. The number of likely N-dealkylation sites (N-methyl/N-ethyl adjacent to an activating group) is 1. The smallest absolute Gasteiger partial charge is 0.346 e. The van der Waals surface area contributed by atoms with Gasteiger partial charge in [-0.3, -0.25) is 4.79 Å². The summed E-state index contributed by atoms with van der Waals surface area (Å²) >= 11 is 1.06. The molecule has 14 heavy (non-hydrogen) atoms. The second-order valence-corrected chi connectivity index (χ2v) is 3.32. The van der Waals surface area contributed by atoms with Crippen molar-refractivity contribution in [1.82, 2.24) is 5.32 Å². The highest BCUT2D eigenvalue weighted by Crippen LogP contribution is 2.21. The summed E-state index contributed by atoms with van der Waals surface area (Å²) < 4.78 is 5.02. The highest BCUT2D eigenvalue weighted by atomic mass is 32.1. The standard InChI is InChI=1S/C8H9NO4S/c1-9-7(10)3-13-5-2-6(8(11)12)14-4-5/h2,4H,3H2,1H3,(H,9,10)(H,11,12). The molecule has 0 spiro atoms. The van der Waals surface area contributed by atoms with Gasteiger partial charge in [-0.25, -0.2) is 4.79 Å². The number of hydrogen-bond donors (Lipinski definition) is 2. The zero-order valence-electron chi connectivity index (χ0n) is 7.44. The molecule has 0 saturated carbocycles. The number of carbonyl (C=O) groups is 2. The maximum absolute atomic E-state index is 10.8. The molecular weight excluding hydrogens is 206 g/mol. The predicted octanol–water partition coefficient (Wildman–Crippen LogP) is 0.571. The van der Waals surface area contributed by atoms with E-state index in [2.05, 4.69) is 5.32 Å². The van der Waals surface area contributed by atoms with E-state index in [4.69, 9.17) is 9.84 Å². The molecule has 1 heterocycles. The van der Waals surface area contributed by atoms with Gasteiger partial charge < -0.3 is 15.2 Å². The lowest BCUT2D eigenvalue weighted by Gasteiger charge is -2.00. The molecule has 1 amide bonds. The first-order valence-electron chi connectivity index (χ1n) is 3.78. The molecule has 1 rings (SSSR count). The van der Waals surface area contributed by atoms with Crippen molar-refractivity contribution < 1.29 is 19.4 Å². The molecular formula is C8H9NO4S. The van der Waals surface area contributed by atoms with E-state index in [1.807, 2.05) is 0 Å². The molecule has 0 unspecified atom stereocenters. The Bertz CT molecular complexity index is 347. The fraction of sp³-hybridized carbons (Fsp3) is 0.250. The van der Waals surface area contributed by atoms with E-state index < -0.39 is 5.97 Å². The summed E-state index contributed by atoms with van der Waals surface area (Å²) in [5, 5.41) is 12.5. The Morgan fingerprint density at radius 2 is 2.36 bits per heavy atom. The molecule has 0 aliphatic heterocycles. The van der Waals surface area contributed by atoms with Crippen molar-refractivity contribution in [3.8, 4) is 5.75 Å². The number of carboxylic acid groups (broad SMARTS) is 1. The Hall–Kier alpha value is -1.56. The highest BCUT2D eigenvalue weighted by molar-refractivity contribution is 7.12. The monoisotopic (exact) mass is 215 g/mol. The van der Waals surface area contributed by atoms with Gasteiger partial charge in [-0.15, -0.1) is 11.3 Å². The average Bonchev–Trinajstić information content (AvgIpc) is 2.62. The van der Waals surface area contributed by atoms with Crippen LogP contribution in [0.15, 0.2) is 11.4 Å². The molecule has 0 aromatic carbocycles. The van der Waals surface area contributed by atoms with E-state index in [1.165, 1.54) is 13.1 Å². The van der Waals surface area contributed by atoms with Crippen LogP contribution in [0.4, 0.5) is 0 Å². The van der Waals surface area contributed by atoms with Crippen LogP contribution in [0.25, 0.3) is 0 Å². The zero-order valence-corrected chi connectivity index (χ0v) is 8.26. The molecule has 0 aliphatic carbocycles. The highest BCUT2D eigenvalue weighted by Gasteiger charge is 2.08. The Kier molecular flexibility index (Phi) is 3.47. The largest absolute Gasteiger partial charge is 0.483 e. The van der Waals surface area contributed by atoms with Crippen LogP contribution in [-0.2, 0) is 4.79 Å². The zero-order chi connectivity index (χ0) is 10.6. The summed E-state index contributed by atoms with van der Waals surface area (Å²) in [4.78, 5) is 21.5. The molecule has 0 saturated heterocycles. The van der Waals surface area contributed by atoms with E-state index in [1.54, 1.807) is 5.38 Å². The molecule has 6 heteroatoms. The second-order valence-electron chi connectivity index (χ2n) is 2.41. The molecule has 0 aliphatic rings. The van der Waals surface area contributed by atoms with Crippen LogP contribution in [-0.4, -0.2) is 30.6 Å². The number of carbonyl (C=O) groups excluding carboxylic acids is 1. The van der Waals surface area contributed by atoms with Crippen LogP contribution >= 0.6 is 11.3 Å². The van der Waals surface area contributed by atoms with E-state index >= 15 is 0 Å². The minimum atomic E-state index is -0.996. The summed E-state index contributed by atoms with van der Waals surface area (Å²) in [5.74, 6) is -0.853. The van der Waals surface area contributed by atoms with Gasteiger partial charge in [0.2, 0.25) is 0 Å². The first-order chi connectivity index (χ1) is 6.63. The summed E-state index contributed by atoms with van der Waals surface area (Å²) in [6, 6.07) is 1.38. The maximum atomic E-state index is 10.8. The van der Waals surface area contributed by atoms with Gasteiger partial charge in [0.1, 0.15) is 10.6 Å². The molecule has 2 N–H and O–H groups in total. The van der Waals surface area contributed by atoms with Crippen molar-refractivity contribution in [2.75, 3.05) is 13.7 Å². The van der Waals surface area contributed by atoms with E-state index in [9.17, 15) is 9.59 Å². The van der Waals surface area contributed by atoms with Gasteiger partial charge in [0.25, 0.3) is 5.91 Å². The van der Waals surface area contributed by atoms with E-state index in [0.29, 0.717) is 5.75 Å². The Morgan fingerprint density at radius 1 is 1.64 bits per heavy atom. The molecule has 0 atom stereocenters. The van der Waals surface area contributed by atoms with Crippen LogP contribution in [0, 0.1) is 0 Å². The average molecular weight is 215 g/mol. The molecule has 0 bridgehead atoms. The Labute approximate surface area is 84.3 Å². The minimum Gasteiger partial charge on any atom is -0.483 e. The summed E-state index contributed by atoms with van der Waals surface area (Å²) in [7, 11) is 1.50. The number of carboxylic acids is 1. The molecule has 1 aromatic rings. The van der Waals surface area contributed by atoms with E-state index in [-0.39, 0.29) is 17.4 Å². The SMILES string of the molecule is CNC(=O)COc1csc(C(=O)O)c1. The van der Waals surface area contributed by atoms with Crippen molar-refractivity contribution >= 4 is 23.2 Å². The number of rotatable bonds is 4. The van der Waals surface area contributed by atoms with Gasteiger partial charge in [-0.1, -0.05) is 0 Å². The van der Waals surface area contributed by atoms with Gasteiger partial charge in [-0.2, -0.15) is 0 Å². The van der Waals surface area contributed by atoms with Crippen LogP contribution < -0.4 is 10.1 Å². The first kappa shape index (κ1) is 10.5. The third kappa shape index (κ3) is 2.74. The molecule has 0 fully saturated rings. The van der Waals surface area contributed by atoms with Crippen molar-refractivity contribution in [3.05, 3.63) is 16.3 Å². The van der Waals surface area contributed by atoms with Gasteiger partial charge in [-0.05, 0) is 0 Å². The van der Waals surface area contributed by atoms with Gasteiger partial charge in [0, 0.05) is 18.5 Å². The summed E-state index contributed by atoms with van der Waals surface area (Å²) in [6.45, 7) is -0.105. The minimum absolute atomic E-state index is 0.105. The molecule has 0 radical (unpaired) electrons. The normalized spacial score (nSPS) is 9.50. The molecule has 76 valence electrons. The van der Waals surface area contributed by atoms with Crippen molar-refractivity contribution in [2.45, 2.75) is 0 Å². The maximum Gasteiger partial charge on any atom is 0.346 e. The lowest BCUT2D eigenvalue weighted by Crippen LogP contribution is -2.24. The topological polar surface area (TPSA) is 75.6 Å². The molecule has 5 nitrogen and oxygen atoms in total. The Morgan fingerprint density at radius 3 is 2.86 bits per heavy atom. The number of thiophene rings is 1. The first-order valence-corrected chi connectivity index (χ1v) is 4.66. The fourth-order valence-corrected chi connectivity index (χ4v) is 1.39. The second kappa shape index (κ2) is 4.61. The van der Waals surface area contributed by atoms with Gasteiger partial charge in [0.05, 0.1) is 0 Å². The van der Waals surface area contributed by atoms with Gasteiger partial charge in [0.15, 0.2) is 6.61 Å². The van der Waals surface area contributed by atoms with Crippen molar-refractivity contribution in [1.29, 1.82) is 0 Å². The lowest BCUT2D eigenvalue weighted by molar-refractivity contribution is -0.122. The molecule has 1 aromatic heterocycles. The van der Waals surface area contributed by atoms with Crippen LogP contribution in [0.1, 0.15) is 9.67 Å². The number of amides is 1. The predicted molar refractivity (Wildman–Crippen MR) is 50.8 cm³/mol. The third-order valence-electron chi connectivity index (χ3n) is 1.43. The van der Waals surface area contributed by atoms with Crippen molar-refractivity contribution in [3.63, 3.8) is 0 Å². The number of nitrogens with one attached hydrogen (secondary N) is 1. The number of hydrogen-bond acceptors (Lipinski definition) is 4. The third-order valence-corrected chi connectivity index (χ3v) is 2.33. The number of aromatic carboxylic acids is 1.